The summed E-state index contributed by atoms with van der Waals surface area (Å²) in [5, 5.41) is 23.9. The number of non-ortho nitro benzene ring substituents is 1. The van der Waals surface area contributed by atoms with Crippen LogP contribution in [-0.4, -0.2) is 16.6 Å². The van der Waals surface area contributed by atoms with Crippen molar-refractivity contribution in [3.63, 3.8) is 0 Å². The summed E-state index contributed by atoms with van der Waals surface area (Å²) >= 11 is 0. The van der Waals surface area contributed by atoms with Crippen LogP contribution in [0.3, 0.4) is 0 Å². The first-order chi connectivity index (χ1) is 10.1. The third kappa shape index (κ3) is 4.11. The normalized spacial score (nSPS) is 13.6. The zero-order valence-corrected chi connectivity index (χ0v) is 11.8. The average molecular weight is 286 g/mol. The predicted molar refractivity (Wildman–Crippen MR) is 80.9 cm³/mol. The molecule has 1 unspecified atom stereocenters. The van der Waals surface area contributed by atoms with Gasteiger partial charge in [-0.1, -0.05) is 30.3 Å². The van der Waals surface area contributed by atoms with Gasteiger partial charge in [-0.2, -0.15) is 0 Å². The van der Waals surface area contributed by atoms with Gasteiger partial charge in [-0.25, -0.2) is 0 Å². The van der Waals surface area contributed by atoms with Gasteiger partial charge in [-0.15, -0.1) is 0 Å². The summed E-state index contributed by atoms with van der Waals surface area (Å²) in [5.74, 6) is 0. The molecule has 0 aliphatic rings. The van der Waals surface area contributed by atoms with Crippen LogP contribution in [0.4, 0.5) is 5.69 Å². The Labute approximate surface area is 123 Å². The van der Waals surface area contributed by atoms with E-state index in [2.05, 4.69) is 5.32 Å². The summed E-state index contributed by atoms with van der Waals surface area (Å²) in [5.41, 5.74) is 1.83. The molecule has 0 saturated heterocycles. The first-order valence-corrected chi connectivity index (χ1v) is 6.78. The summed E-state index contributed by atoms with van der Waals surface area (Å²) in [6.07, 6.45) is -0.697. The molecule has 0 aliphatic heterocycles. The third-order valence-corrected chi connectivity index (χ3v) is 3.41. The van der Waals surface area contributed by atoms with Gasteiger partial charge in [0.25, 0.3) is 5.69 Å². The molecule has 110 valence electrons. The molecule has 0 aromatic heterocycles. The number of nitro benzene ring substituents is 1. The quantitative estimate of drug-likeness (QED) is 0.632. The smallest absolute Gasteiger partial charge is 0.269 e. The Morgan fingerprint density at radius 1 is 1.10 bits per heavy atom. The maximum absolute atomic E-state index is 10.6. The molecule has 5 nitrogen and oxygen atoms in total. The van der Waals surface area contributed by atoms with E-state index in [1.807, 2.05) is 37.3 Å². The number of hydrogen-bond acceptors (Lipinski definition) is 4. The summed E-state index contributed by atoms with van der Waals surface area (Å²) in [4.78, 5) is 10.1. The lowest BCUT2D eigenvalue weighted by molar-refractivity contribution is -0.384. The Kier molecular flexibility index (Phi) is 5.03. The molecule has 2 aromatic rings. The van der Waals surface area contributed by atoms with Crippen LogP contribution in [-0.2, 0) is 0 Å². The zero-order chi connectivity index (χ0) is 15.2. The van der Waals surface area contributed by atoms with Crippen LogP contribution < -0.4 is 5.32 Å². The van der Waals surface area contributed by atoms with Crippen LogP contribution in [0.25, 0.3) is 0 Å². The van der Waals surface area contributed by atoms with E-state index in [0.29, 0.717) is 12.1 Å². The van der Waals surface area contributed by atoms with Crippen molar-refractivity contribution in [3.05, 3.63) is 75.8 Å². The topological polar surface area (TPSA) is 75.4 Å². The van der Waals surface area contributed by atoms with Crippen molar-refractivity contribution in [2.45, 2.75) is 19.1 Å². The van der Waals surface area contributed by atoms with E-state index in [4.69, 9.17) is 0 Å². The minimum absolute atomic E-state index is 0.0246. The van der Waals surface area contributed by atoms with Crippen LogP contribution in [0, 0.1) is 10.1 Å². The monoisotopic (exact) mass is 286 g/mol. The lowest BCUT2D eigenvalue weighted by atomic mass is 10.1. The van der Waals surface area contributed by atoms with Crippen molar-refractivity contribution in [1.82, 2.24) is 5.32 Å². The molecule has 0 radical (unpaired) electrons. The second-order valence-corrected chi connectivity index (χ2v) is 4.91. The van der Waals surface area contributed by atoms with Gasteiger partial charge in [0.2, 0.25) is 0 Å². The van der Waals surface area contributed by atoms with Crippen LogP contribution in [0.1, 0.15) is 30.2 Å². The Hall–Kier alpha value is -2.24. The molecule has 0 amide bonds. The highest BCUT2D eigenvalue weighted by Crippen LogP contribution is 2.18. The minimum atomic E-state index is -0.697. The van der Waals surface area contributed by atoms with Crippen LogP contribution >= 0.6 is 0 Å². The second kappa shape index (κ2) is 6.97. The van der Waals surface area contributed by atoms with Crippen molar-refractivity contribution in [1.29, 1.82) is 0 Å². The summed E-state index contributed by atoms with van der Waals surface area (Å²) in [7, 11) is 0. The molecule has 21 heavy (non-hydrogen) atoms. The van der Waals surface area contributed by atoms with Crippen molar-refractivity contribution in [2.24, 2.45) is 0 Å². The van der Waals surface area contributed by atoms with E-state index < -0.39 is 11.0 Å². The third-order valence-electron chi connectivity index (χ3n) is 3.41. The Morgan fingerprint density at radius 3 is 2.29 bits per heavy atom. The Balaban J connectivity index is 1.92. The highest BCUT2D eigenvalue weighted by atomic mass is 16.6. The van der Waals surface area contributed by atoms with E-state index >= 15 is 0 Å². The van der Waals surface area contributed by atoms with Crippen molar-refractivity contribution < 1.29 is 10.0 Å². The molecule has 0 heterocycles. The van der Waals surface area contributed by atoms with Gasteiger partial charge in [-0.3, -0.25) is 10.1 Å². The van der Waals surface area contributed by atoms with Crippen LogP contribution in [0.15, 0.2) is 54.6 Å². The molecular weight excluding hydrogens is 268 g/mol. The number of aliphatic hydroxyl groups is 1. The number of benzene rings is 2. The molecule has 0 spiro atoms. The number of nitrogens with one attached hydrogen (secondary N) is 1. The zero-order valence-electron chi connectivity index (χ0n) is 11.8. The number of nitro groups is 1. The molecule has 0 fully saturated rings. The molecule has 2 rings (SSSR count). The van der Waals surface area contributed by atoms with Gasteiger partial charge in [0.1, 0.15) is 0 Å². The lowest BCUT2D eigenvalue weighted by Gasteiger charge is -2.17. The number of rotatable bonds is 6. The van der Waals surface area contributed by atoms with Gasteiger partial charge < -0.3 is 10.4 Å². The van der Waals surface area contributed by atoms with Gasteiger partial charge in [0.05, 0.1) is 11.0 Å². The van der Waals surface area contributed by atoms with E-state index in [1.54, 1.807) is 12.1 Å². The van der Waals surface area contributed by atoms with E-state index in [1.165, 1.54) is 12.1 Å². The molecule has 2 atom stereocenters. The van der Waals surface area contributed by atoms with Gasteiger partial charge in [0.15, 0.2) is 0 Å². The number of hydrogen-bond donors (Lipinski definition) is 2. The first-order valence-electron chi connectivity index (χ1n) is 6.78. The molecule has 0 bridgehead atoms. The van der Waals surface area contributed by atoms with Crippen molar-refractivity contribution >= 4 is 5.69 Å². The van der Waals surface area contributed by atoms with Crippen molar-refractivity contribution in [2.75, 3.05) is 6.54 Å². The summed E-state index contributed by atoms with van der Waals surface area (Å²) in [6.45, 7) is 2.41. The standard InChI is InChI=1S/C16H18N2O3/c1-12(13-5-3-2-4-6-13)17-11-16(19)14-7-9-15(10-8-14)18(20)21/h2-10,12,16-17,19H,11H2,1H3/t12?,16-/m0/s1. The van der Waals surface area contributed by atoms with Gasteiger partial charge >= 0.3 is 0 Å². The largest absolute Gasteiger partial charge is 0.387 e. The van der Waals surface area contributed by atoms with Crippen molar-refractivity contribution in [3.8, 4) is 0 Å². The maximum atomic E-state index is 10.6. The number of aliphatic hydroxyl groups excluding tert-OH is 1. The Bertz CT molecular complexity index is 584. The van der Waals surface area contributed by atoms with Gasteiger partial charge in [-0.05, 0) is 30.2 Å². The minimum Gasteiger partial charge on any atom is -0.387 e. The summed E-state index contributed by atoms with van der Waals surface area (Å²) < 4.78 is 0. The second-order valence-electron chi connectivity index (χ2n) is 4.91. The fourth-order valence-corrected chi connectivity index (χ4v) is 2.08. The summed E-state index contributed by atoms with van der Waals surface area (Å²) in [6, 6.07) is 16.0. The van der Waals surface area contributed by atoms with E-state index in [0.717, 1.165) is 5.56 Å². The molecular formula is C16H18N2O3. The fraction of sp³-hybridized carbons (Fsp3) is 0.250. The van der Waals surface area contributed by atoms with Crippen LogP contribution in [0.2, 0.25) is 0 Å². The predicted octanol–water partition coefficient (Wildman–Crippen LogP) is 2.98. The fourth-order valence-electron chi connectivity index (χ4n) is 2.08. The molecule has 0 aliphatic carbocycles. The molecule has 2 N–H and O–H groups in total. The van der Waals surface area contributed by atoms with E-state index in [-0.39, 0.29) is 11.7 Å². The highest BCUT2D eigenvalue weighted by molar-refractivity contribution is 5.33. The molecule has 2 aromatic carbocycles. The molecule has 0 saturated carbocycles. The van der Waals surface area contributed by atoms with Gasteiger partial charge in [0, 0.05) is 24.7 Å². The lowest BCUT2D eigenvalue weighted by Crippen LogP contribution is -2.24. The first kappa shape index (κ1) is 15.2. The SMILES string of the molecule is CC(NC[C@H](O)c1ccc([N+](=O)[O-])cc1)c1ccccc1. The van der Waals surface area contributed by atoms with Crippen LogP contribution in [0.5, 0.6) is 0 Å². The maximum Gasteiger partial charge on any atom is 0.269 e. The number of nitrogens with zero attached hydrogens (tertiary/aromatic N) is 1. The Morgan fingerprint density at radius 2 is 1.71 bits per heavy atom. The average Bonchev–Trinajstić information content (AvgIpc) is 2.53. The van der Waals surface area contributed by atoms with E-state index in [9.17, 15) is 15.2 Å². The molecule has 5 heteroatoms. The highest BCUT2D eigenvalue weighted by Gasteiger charge is 2.12.